The van der Waals surface area contributed by atoms with Gasteiger partial charge in [0, 0.05) is 11.1 Å². The molecule has 2 aliphatic heterocycles. The van der Waals surface area contributed by atoms with Gasteiger partial charge in [-0.05, 0) is 25.0 Å². The zero-order valence-corrected chi connectivity index (χ0v) is 18.1. The summed E-state index contributed by atoms with van der Waals surface area (Å²) in [4.78, 5) is 13.7. The molecule has 160 valence electrons. The van der Waals surface area contributed by atoms with Crippen LogP contribution in [-0.4, -0.2) is 44.0 Å². The van der Waals surface area contributed by atoms with Gasteiger partial charge in [-0.25, -0.2) is 0 Å². The molecule has 5 nitrogen and oxygen atoms in total. The first-order valence-corrected chi connectivity index (χ1v) is 11.2. The lowest BCUT2D eigenvalue weighted by atomic mass is 9.78. The largest absolute Gasteiger partial charge is 0.489 e. The lowest BCUT2D eigenvalue weighted by molar-refractivity contribution is -0.123. The number of Topliss-reactive ketones (excluding diaryl/α,β-unsaturated/α-hetero) is 1. The van der Waals surface area contributed by atoms with E-state index in [2.05, 4.69) is 0 Å². The van der Waals surface area contributed by atoms with Gasteiger partial charge in [0.2, 0.25) is 0 Å². The van der Waals surface area contributed by atoms with Crippen LogP contribution in [0.25, 0.3) is 0 Å². The average molecular weight is 451 g/mol. The molecule has 0 bridgehead atoms. The Morgan fingerprint density at radius 3 is 1.73 bits per heavy atom. The van der Waals surface area contributed by atoms with Crippen LogP contribution in [0.4, 0.5) is 0 Å². The fourth-order valence-corrected chi connectivity index (χ4v) is 4.30. The van der Waals surface area contributed by atoms with Crippen LogP contribution in [0.15, 0.2) is 36.4 Å². The number of ketones is 1. The highest BCUT2D eigenvalue weighted by atomic mass is 35.5. The highest BCUT2D eigenvalue weighted by Gasteiger charge is 2.37. The summed E-state index contributed by atoms with van der Waals surface area (Å²) in [5, 5.41) is 0. The van der Waals surface area contributed by atoms with Crippen molar-refractivity contribution in [2.45, 2.75) is 24.7 Å². The van der Waals surface area contributed by atoms with Crippen LogP contribution in [0.2, 0.25) is 0 Å². The first-order valence-electron chi connectivity index (χ1n) is 10.2. The second-order valence-corrected chi connectivity index (χ2v) is 7.96. The van der Waals surface area contributed by atoms with Crippen LogP contribution in [0.3, 0.4) is 0 Å². The summed E-state index contributed by atoms with van der Waals surface area (Å²) in [5.41, 5.74) is 1.75. The Morgan fingerprint density at radius 1 is 0.833 bits per heavy atom. The van der Waals surface area contributed by atoms with Gasteiger partial charge in [0.15, 0.2) is 23.0 Å². The standard InChI is InChI=1S/C23H24Cl2O5/c24-9-13-27-19-5-1-3-17-15(7-11-29-22(17)19)21(26)16-8-12-30-23-18(16)4-2-6-20(23)28-14-10-25/h1-6,15-16H,7-14H2. The van der Waals surface area contributed by atoms with Crippen molar-refractivity contribution in [3.05, 3.63) is 47.5 Å². The number of hydrogen-bond acceptors (Lipinski definition) is 5. The van der Waals surface area contributed by atoms with E-state index in [1.807, 2.05) is 36.4 Å². The number of ether oxygens (including phenoxy) is 4. The molecule has 0 saturated carbocycles. The van der Waals surface area contributed by atoms with E-state index in [1.165, 1.54) is 0 Å². The molecule has 7 heteroatoms. The molecule has 30 heavy (non-hydrogen) atoms. The first-order chi connectivity index (χ1) is 14.7. The molecule has 0 radical (unpaired) electrons. The van der Waals surface area contributed by atoms with Crippen molar-refractivity contribution in [3.63, 3.8) is 0 Å². The molecular formula is C23H24Cl2O5. The van der Waals surface area contributed by atoms with Crippen LogP contribution in [0.5, 0.6) is 23.0 Å². The zero-order valence-electron chi connectivity index (χ0n) is 16.6. The van der Waals surface area contributed by atoms with Crippen molar-refractivity contribution in [1.82, 2.24) is 0 Å². The quantitative estimate of drug-likeness (QED) is 0.534. The van der Waals surface area contributed by atoms with E-state index in [1.54, 1.807) is 0 Å². The topological polar surface area (TPSA) is 54.0 Å². The number of fused-ring (bicyclic) bond motifs is 2. The fourth-order valence-electron chi connectivity index (χ4n) is 4.15. The second kappa shape index (κ2) is 9.80. The molecule has 0 saturated heterocycles. The summed E-state index contributed by atoms with van der Waals surface area (Å²) < 4.78 is 23.2. The van der Waals surface area contributed by atoms with Crippen molar-refractivity contribution < 1.29 is 23.7 Å². The maximum absolute atomic E-state index is 13.7. The molecule has 0 fully saturated rings. The van der Waals surface area contributed by atoms with E-state index in [0.29, 0.717) is 74.0 Å². The summed E-state index contributed by atoms with van der Waals surface area (Å²) >= 11 is 11.5. The lowest BCUT2D eigenvalue weighted by Gasteiger charge is -2.32. The zero-order chi connectivity index (χ0) is 20.9. The van der Waals surface area contributed by atoms with Gasteiger partial charge in [0.25, 0.3) is 0 Å². The van der Waals surface area contributed by atoms with Crippen LogP contribution in [0, 0.1) is 0 Å². The molecule has 4 rings (SSSR count). The van der Waals surface area contributed by atoms with Crippen molar-refractivity contribution in [3.8, 4) is 23.0 Å². The van der Waals surface area contributed by atoms with E-state index < -0.39 is 0 Å². The number of rotatable bonds is 8. The molecule has 2 atom stereocenters. The van der Waals surface area contributed by atoms with E-state index in [9.17, 15) is 4.79 Å². The normalized spacial score (nSPS) is 19.7. The maximum atomic E-state index is 13.7. The average Bonchev–Trinajstić information content (AvgIpc) is 2.80. The highest BCUT2D eigenvalue weighted by molar-refractivity contribution is 6.18. The summed E-state index contributed by atoms with van der Waals surface area (Å²) in [5.74, 6) is 3.02. The summed E-state index contributed by atoms with van der Waals surface area (Å²) in [6.07, 6.45) is 1.28. The predicted octanol–water partition coefficient (Wildman–Crippen LogP) is 4.92. The van der Waals surface area contributed by atoms with Crippen LogP contribution < -0.4 is 18.9 Å². The molecule has 0 aliphatic carbocycles. The third-order valence-corrected chi connectivity index (χ3v) is 5.74. The number of hydrogen-bond donors (Lipinski definition) is 0. The molecule has 0 aromatic heterocycles. The van der Waals surface area contributed by atoms with Crippen molar-refractivity contribution in [2.24, 2.45) is 0 Å². The van der Waals surface area contributed by atoms with Crippen LogP contribution in [0.1, 0.15) is 35.8 Å². The third kappa shape index (κ3) is 4.19. The van der Waals surface area contributed by atoms with Crippen LogP contribution in [-0.2, 0) is 4.79 Å². The number of benzene rings is 2. The van der Waals surface area contributed by atoms with Gasteiger partial charge in [-0.3, -0.25) is 4.79 Å². The van der Waals surface area contributed by atoms with E-state index in [4.69, 9.17) is 42.1 Å². The fraction of sp³-hybridized carbons (Fsp3) is 0.435. The molecule has 2 aromatic carbocycles. The number of carbonyl (C=O) groups excluding carboxylic acids is 1. The minimum atomic E-state index is -0.253. The molecule has 0 amide bonds. The Bertz CT molecular complexity index is 830. The number of para-hydroxylation sites is 2. The molecule has 2 aliphatic rings. The minimum absolute atomic E-state index is 0.174. The minimum Gasteiger partial charge on any atom is -0.489 e. The van der Waals surface area contributed by atoms with Gasteiger partial charge in [-0.1, -0.05) is 24.3 Å². The summed E-state index contributed by atoms with van der Waals surface area (Å²) in [6.45, 7) is 1.72. The Morgan fingerprint density at radius 2 is 1.30 bits per heavy atom. The van der Waals surface area contributed by atoms with E-state index >= 15 is 0 Å². The second-order valence-electron chi connectivity index (χ2n) is 7.21. The first kappa shape index (κ1) is 21.1. The van der Waals surface area contributed by atoms with Crippen molar-refractivity contribution in [2.75, 3.05) is 38.2 Å². The Kier molecular flexibility index (Phi) is 6.90. The Hall–Kier alpha value is -2.11. The third-order valence-electron chi connectivity index (χ3n) is 5.43. The number of carbonyl (C=O) groups is 1. The number of halogens is 2. The monoisotopic (exact) mass is 450 g/mol. The SMILES string of the molecule is O=C(C1CCOc2c(OCCCl)cccc21)C1CCOc2c(OCCCl)cccc21. The van der Waals surface area contributed by atoms with Crippen molar-refractivity contribution in [1.29, 1.82) is 0 Å². The molecule has 2 unspecified atom stereocenters. The molecule has 2 aromatic rings. The van der Waals surface area contributed by atoms with E-state index in [0.717, 1.165) is 11.1 Å². The van der Waals surface area contributed by atoms with E-state index in [-0.39, 0.29) is 17.6 Å². The van der Waals surface area contributed by atoms with Gasteiger partial charge in [0.05, 0.1) is 36.8 Å². The van der Waals surface area contributed by atoms with Gasteiger partial charge in [-0.2, -0.15) is 0 Å². The smallest absolute Gasteiger partial charge is 0.165 e. The van der Waals surface area contributed by atoms with Gasteiger partial charge in [0.1, 0.15) is 19.0 Å². The Balaban J connectivity index is 1.63. The summed E-state index contributed by atoms with van der Waals surface area (Å²) in [7, 11) is 0. The highest BCUT2D eigenvalue weighted by Crippen LogP contribution is 2.46. The van der Waals surface area contributed by atoms with Gasteiger partial charge < -0.3 is 18.9 Å². The van der Waals surface area contributed by atoms with Crippen molar-refractivity contribution >= 4 is 29.0 Å². The van der Waals surface area contributed by atoms with Gasteiger partial charge in [-0.15, -0.1) is 23.2 Å². The predicted molar refractivity (Wildman–Crippen MR) is 116 cm³/mol. The van der Waals surface area contributed by atoms with Crippen LogP contribution >= 0.6 is 23.2 Å². The number of alkyl halides is 2. The summed E-state index contributed by atoms with van der Waals surface area (Å²) in [6, 6.07) is 11.4. The lowest BCUT2D eigenvalue weighted by Crippen LogP contribution is -2.29. The molecule has 2 heterocycles. The Labute approximate surface area is 186 Å². The van der Waals surface area contributed by atoms with Gasteiger partial charge >= 0.3 is 0 Å². The maximum Gasteiger partial charge on any atom is 0.165 e. The molecule has 0 N–H and O–H groups in total. The molecule has 0 spiro atoms. The molecular weight excluding hydrogens is 427 g/mol.